The maximum atomic E-state index is 11.9. The molecule has 3 nitrogen and oxygen atoms in total. The second-order valence-corrected chi connectivity index (χ2v) is 9.42. The van der Waals surface area contributed by atoms with E-state index in [0.717, 1.165) is 37.9 Å². The first-order valence-electron chi connectivity index (χ1n) is 11.0. The van der Waals surface area contributed by atoms with E-state index in [1.165, 1.54) is 22.3 Å². The molecule has 1 amide bonds. The molecule has 0 unspecified atom stereocenters. The van der Waals surface area contributed by atoms with Crippen LogP contribution in [0, 0.1) is 18.8 Å². The van der Waals surface area contributed by atoms with E-state index in [1.54, 1.807) is 0 Å². The highest BCUT2D eigenvalue weighted by molar-refractivity contribution is 5.78. The number of allylic oxidation sites excluding steroid dienone is 2. The predicted molar refractivity (Wildman–Crippen MR) is 116 cm³/mol. The first kappa shape index (κ1) is 21.0. The van der Waals surface area contributed by atoms with Gasteiger partial charge in [-0.3, -0.25) is 4.79 Å². The Kier molecular flexibility index (Phi) is 6.21. The fourth-order valence-corrected chi connectivity index (χ4v) is 5.13. The monoisotopic (exact) mass is 383 g/mol. The van der Waals surface area contributed by atoms with Gasteiger partial charge in [-0.2, -0.15) is 0 Å². The van der Waals surface area contributed by atoms with E-state index in [1.807, 2.05) is 13.8 Å². The first-order valence-corrected chi connectivity index (χ1v) is 11.0. The molecule has 1 aliphatic carbocycles. The summed E-state index contributed by atoms with van der Waals surface area (Å²) >= 11 is 0. The highest BCUT2D eigenvalue weighted by atomic mass is 16.5. The fourth-order valence-electron chi connectivity index (χ4n) is 5.13. The molecule has 1 heterocycles. The Bertz CT molecular complexity index is 762. The normalized spacial score (nSPS) is 23.7. The number of fused-ring (bicyclic) bond motifs is 3. The van der Waals surface area contributed by atoms with E-state index in [9.17, 15) is 4.79 Å². The van der Waals surface area contributed by atoms with Gasteiger partial charge in [0.05, 0.1) is 0 Å². The van der Waals surface area contributed by atoms with Crippen molar-refractivity contribution in [2.75, 3.05) is 6.54 Å². The van der Waals surface area contributed by atoms with Gasteiger partial charge in [-0.1, -0.05) is 24.6 Å². The van der Waals surface area contributed by atoms with Crippen LogP contribution in [-0.2, 0) is 11.2 Å². The lowest BCUT2D eigenvalue weighted by Crippen LogP contribution is -2.45. The minimum absolute atomic E-state index is 0.0756. The summed E-state index contributed by atoms with van der Waals surface area (Å²) in [5.74, 6) is 2.45. The van der Waals surface area contributed by atoms with Gasteiger partial charge in [0.25, 0.3) is 0 Å². The number of rotatable bonds is 6. The highest BCUT2D eigenvalue weighted by Gasteiger charge is 2.45. The molecule has 1 aromatic rings. The molecule has 28 heavy (non-hydrogen) atoms. The Balaban J connectivity index is 1.75. The minimum atomic E-state index is -0.132. The van der Waals surface area contributed by atoms with Crippen LogP contribution in [0.25, 0.3) is 0 Å². The van der Waals surface area contributed by atoms with Crippen LogP contribution in [0.15, 0.2) is 23.8 Å². The van der Waals surface area contributed by atoms with E-state index in [0.29, 0.717) is 18.4 Å². The molecule has 0 bridgehead atoms. The Morgan fingerprint density at radius 1 is 1.32 bits per heavy atom. The van der Waals surface area contributed by atoms with Gasteiger partial charge >= 0.3 is 0 Å². The molecule has 0 aromatic heterocycles. The van der Waals surface area contributed by atoms with Gasteiger partial charge in [0.2, 0.25) is 5.91 Å². The van der Waals surface area contributed by atoms with Crippen molar-refractivity contribution in [1.29, 1.82) is 0 Å². The summed E-state index contributed by atoms with van der Waals surface area (Å²) in [5, 5.41) is 2.92. The van der Waals surface area contributed by atoms with E-state index in [2.05, 4.69) is 51.2 Å². The number of ether oxygens (including phenoxy) is 1. The summed E-state index contributed by atoms with van der Waals surface area (Å²) in [4.78, 5) is 11.9. The number of benzene rings is 1. The molecule has 3 rings (SSSR count). The number of hydrogen-bond donors (Lipinski definition) is 1. The van der Waals surface area contributed by atoms with E-state index < -0.39 is 0 Å². The molecule has 154 valence electrons. The zero-order chi connectivity index (χ0) is 20.5. The van der Waals surface area contributed by atoms with Gasteiger partial charge in [-0.15, -0.1) is 0 Å². The lowest BCUT2D eigenvalue weighted by atomic mass is 9.66. The van der Waals surface area contributed by atoms with Crippen LogP contribution in [-0.4, -0.2) is 18.1 Å². The minimum Gasteiger partial charge on any atom is -0.487 e. The summed E-state index contributed by atoms with van der Waals surface area (Å²) in [6.45, 7) is 13.7. The second-order valence-electron chi connectivity index (χ2n) is 9.42. The number of aryl methyl sites for hydroxylation is 2. The van der Waals surface area contributed by atoms with Gasteiger partial charge in [0.1, 0.15) is 11.4 Å². The molecule has 1 N–H and O–H groups in total. The van der Waals surface area contributed by atoms with Crippen molar-refractivity contribution in [2.24, 2.45) is 11.8 Å². The lowest BCUT2D eigenvalue weighted by Gasteiger charge is -2.47. The number of amides is 1. The summed E-state index contributed by atoms with van der Waals surface area (Å²) in [6, 6.07) is 4.62. The molecule has 0 fully saturated rings. The third-order valence-corrected chi connectivity index (χ3v) is 6.69. The number of nitrogens with one attached hydrogen (secondary N) is 1. The molecule has 3 heteroatoms. The van der Waals surface area contributed by atoms with E-state index in [4.69, 9.17) is 4.74 Å². The molecule has 0 saturated carbocycles. The van der Waals surface area contributed by atoms with Crippen LogP contribution in [0.5, 0.6) is 5.75 Å². The van der Waals surface area contributed by atoms with Crippen molar-refractivity contribution < 1.29 is 9.53 Å². The third-order valence-electron chi connectivity index (χ3n) is 6.69. The molecule has 1 aliphatic heterocycles. The van der Waals surface area contributed by atoms with Crippen LogP contribution in [0.4, 0.5) is 0 Å². The van der Waals surface area contributed by atoms with Crippen molar-refractivity contribution >= 4 is 5.91 Å². The van der Waals surface area contributed by atoms with Gasteiger partial charge in [0, 0.05) is 23.9 Å². The molecule has 0 spiro atoms. The quantitative estimate of drug-likeness (QED) is 0.640. The topological polar surface area (TPSA) is 38.3 Å². The zero-order valence-corrected chi connectivity index (χ0v) is 18.5. The van der Waals surface area contributed by atoms with E-state index in [-0.39, 0.29) is 17.4 Å². The number of carbonyl (C=O) groups excluding carboxylic acids is 1. The average Bonchev–Trinajstić information content (AvgIpc) is 2.60. The largest absolute Gasteiger partial charge is 0.487 e. The van der Waals surface area contributed by atoms with Crippen molar-refractivity contribution in [3.8, 4) is 5.75 Å². The van der Waals surface area contributed by atoms with Crippen molar-refractivity contribution in [1.82, 2.24) is 5.32 Å². The predicted octanol–water partition coefficient (Wildman–Crippen LogP) is 5.70. The standard InChI is InChI=1S/C25H37NO2/c1-7-26-24(27)17(3)9-8-10-19-14-18(4)23-20-13-16(2)11-12-21(20)25(5,6)28-22(23)15-19/h11,14-15,17,20-21H,7-10,12-13H2,1-6H3,(H,26,27)/t17-,20+,21+/m0/s1. The van der Waals surface area contributed by atoms with Crippen LogP contribution in [0.2, 0.25) is 0 Å². The lowest BCUT2D eigenvalue weighted by molar-refractivity contribution is -0.124. The molecule has 1 aromatic carbocycles. The number of hydrogen-bond acceptors (Lipinski definition) is 2. The maximum Gasteiger partial charge on any atom is 0.222 e. The second kappa shape index (κ2) is 8.31. The highest BCUT2D eigenvalue weighted by Crippen LogP contribution is 2.52. The van der Waals surface area contributed by atoms with Gasteiger partial charge < -0.3 is 10.1 Å². The molecule has 3 atom stereocenters. The van der Waals surface area contributed by atoms with Crippen LogP contribution >= 0.6 is 0 Å². The van der Waals surface area contributed by atoms with Crippen LogP contribution in [0.1, 0.15) is 82.9 Å². The van der Waals surface area contributed by atoms with Gasteiger partial charge in [-0.25, -0.2) is 0 Å². The molecule has 0 saturated heterocycles. The molecular formula is C25H37NO2. The Labute approximate surface area is 170 Å². The zero-order valence-electron chi connectivity index (χ0n) is 18.5. The molecular weight excluding hydrogens is 346 g/mol. The Hall–Kier alpha value is -1.77. The Morgan fingerprint density at radius 2 is 2.07 bits per heavy atom. The summed E-state index contributed by atoms with van der Waals surface area (Å²) in [5.41, 5.74) is 5.50. The van der Waals surface area contributed by atoms with Crippen molar-refractivity contribution in [3.05, 3.63) is 40.5 Å². The maximum absolute atomic E-state index is 11.9. The van der Waals surface area contributed by atoms with Crippen LogP contribution in [0.3, 0.4) is 0 Å². The smallest absolute Gasteiger partial charge is 0.222 e. The van der Waals surface area contributed by atoms with Crippen molar-refractivity contribution in [2.45, 2.75) is 85.2 Å². The fraction of sp³-hybridized carbons (Fsp3) is 0.640. The first-order chi connectivity index (χ1) is 13.2. The van der Waals surface area contributed by atoms with Gasteiger partial charge in [-0.05, 0) is 89.8 Å². The average molecular weight is 384 g/mol. The molecule has 2 aliphatic rings. The SMILES string of the molecule is CCNC(=O)[C@@H](C)CCCc1cc(C)c2c(c1)OC(C)(C)[C@@H]1CC=C(C)C[C@@H]21. The molecule has 0 radical (unpaired) electrons. The third kappa shape index (κ3) is 4.29. The number of carbonyl (C=O) groups is 1. The van der Waals surface area contributed by atoms with Gasteiger partial charge in [0.15, 0.2) is 0 Å². The summed E-state index contributed by atoms with van der Waals surface area (Å²) < 4.78 is 6.55. The van der Waals surface area contributed by atoms with E-state index >= 15 is 0 Å². The summed E-state index contributed by atoms with van der Waals surface area (Å²) in [6.07, 6.45) is 7.60. The Morgan fingerprint density at radius 3 is 2.79 bits per heavy atom. The van der Waals surface area contributed by atoms with Crippen molar-refractivity contribution in [3.63, 3.8) is 0 Å². The summed E-state index contributed by atoms with van der Waals surface area (Å²) in [7, 11) is 0. The van der Waals surface area contributed by atoms with Crippen LogP contribution < -0.4 is 10.1 Å².